The molecule has 0 spiro atoms. The number of halogens is 1. The van der Waals surface area contributed by atoms with Crippen LogP contribution >= 0.6 is 24.0 Å². The lowest BCUT2D eigenvalue weighted by Gasteiger charge is -2.38. The smallest absolute Gasteiger partial charge is 0.192 e. The van der Waals surface area contributed by atoms with Crippen LogP contribution in [0.15, 0.2) is 65.9 Å². The second kappa shape index (κ2) is 10.1. The minimum atomic E-state index is -0.253. The summed E-state index contributed by atoms with van der Waals surface area (Å²) in [5, 5.41) is 15.3. The van der Waals surface area contributed by atoms with Gasteiger partial charge in [0.2, 0.25) is 0 Å². The molecule has 7 nitrogen and oxygen atoms in total. The van der Waals surface area contributed by atoms with E-state index in [1.807, 2.05) is 53.1 Å². The van der Waals surface area contributed by atoms with E-state index in [0.717, 1.165) is 41.7 Å². The van der Waals surface area contributed by atoms with E-state index in [9.17, 15) is 0 Å². The van der Waals surface area contributed by atoms with Crippen molar-refractivity contribution >= 4 is 29.9 Å². The highest BCUT2D eigenvalue weighted by Gasteiger charge is 2.33. The van der Waals surface area contributed by atoms with E-state index in [1.165, 1.54) is 0 Å². The van der Waals surface area contributed by atoms with Gasteiger partial charge in [0.05, 0.1) is 6.04 Å². The molecule has 0 fully saturated rings. The lowest BCUT2D eigenvalue weighted by molar-refractivity contribution is 0.0694. The maximum absolute atomic E-state index is 6.15. The Bertz CT molecular complexity index is 1020. The zero-order chi connectivity index (χ0) is 21.0. The number of hydrogen-bond donors (Lipinski definition) is 2. The number of aliphatic imine (C=N–C) groups is 1. The Balaban J connectivity index is 0.00000272. The monoisotopic (exact) mass is 532 g/mol. The van der Waals surface area contributed by atoms with Gasteiger partial charge in [0.15, 0.2) is 11.8 Å². The van der Waals surface area contributed by atoms with Gasteiger partial charge in [-0.15, -0.1) is 34.2 Å². The molecule has 1 atom stereocenters. The van der Waals surface area contributed by atoms with Crippen molar-refractivity contribution in [3.05, 3.63) is 72.3 Å². The van der Waals surface area contributed by atoms with Crippen molar-refractivity contribution in [2.75, 3.05) is 6.54 Å². The minimum Gasteiger partial charge on any atom is -0.487 e. The Hall–Kier alpha value is -2.62. The van der Waals surface area contributed by atoms with Gasteiger partial charge >= 0.3 is 0 Å². The molecule has 164 valence electrons. The highest BCUT2D eigenvalue weighted by atomic mass is 127. The minimum absolute atomic E-state index is 0. The van der Waals surface area contributed by atoms with E-state index >= 15 is 0 Å². The van der Waals surface area contributed by atoms with Crippen LogP contribution in [-0.2, 0) is 6.54 Å². The average molecular weight is 532 g/mol. The van der Waals surface area contributed by atoms with Crippen molar-refractivity contribution in [3.8, 4) is 11.4 Å². The standard InChI is InChI=1S/C23H28N6O.HI/c1-4-24-22(25-15-21-28-26-16-29(21)17-10-6-5-7-11-17)27-19-14-23(2,3)30-20-13-9-8-12-18(19)20;/h5-13,16,19H,4,14-15H2,1-3H3,(H2,24,25,27);1H. The SMILES string of the molecule is CCNC(=NCc1nncn1-c1ccccc1)NC1CC(C)(C)Oc2ccccc21.I. The molecule has 1 unspecified atom stereocenters. The normalized spacial score (nSPS) is 17.1. The van der Waals surface area contributed by atoms with Crippen molar-refractivity contribution in [1.82, 2.24) is 25.4 Å². The first-order valence-corrected chi connectivity index (χ1v) is 10.3. The molecule has 0 aliphatic carbocycles. The summed E-state index contributed by atoms with van der Waals surface area (Å²) in [5.74, 6) is 2.45. The lowest BCUT2D eigenvalue weighted by Crippen LogP contribution is -2.45. The van der Waals surface area contributed by atoms with Crippen molar-refractivity contribution in [2.24, 2.45) is 4.99 Å². The maximum Gasteiger partial charge on any atom is 0.192 e. The van der Waals surface area contributed by atoms with Gasteiger partial charge in [-0.3, -0.25) is 4.57 Å². The van der Waals surface area contributed by atoms with Crippen molar-refractivity contribution in [1.29, 1.82) is 0 Å². The van der Waals surface area contributed by atoms with E-state index in [4.69, 9.17) is 9.73 Å². The Morgan fingerprint density at radius 1 is 1.16 bits per heavy atom. The third-order valence-corrected chi connectivity index (χ3v) is 5.06. The largest absolute Gasteiger partial charge is 0.487 e. The Morgan fingerprint density at radius 3 is 2.68 bits per heavy atom. The molecule has 31 heavy (non-hydrogen) atoms. The van der Waals surface area contributed by atoms with E-state index < -0.39 is 0 Å². The van der Waals surface area contributed by atoms with Crippen LogP contribution in [0.2, 0.25) is 0 Å². The molecule has 2 heterocycles. The number of fused-ring (bicyclic) bond motifs is 1. The molecular formula is C23H29IN6O. The topological polar surface area (TPSA) is 76.4 Å². The van der Waals surface area contributed by atoms with E-state index in [0.29, 0.717) is 6.54 Å². The van der Waals surface area contributed by atoms with Crippen LogP contribution in [0.5, 0.6) is 5.75 Å². The van der Waals surface area contributed by atoms with Crippen molar-refractivity contribution in [3.63, 3.8) is 0 Å². The van der Waals surface area contributed by atoms with Gasteiger partial charge in [-0.25, -0.2) is 4.99 Å². The van der Waals surface area contributed by atoms with Crippen molar-refractivity contribution < 1.29 is 4.74 Å². The van der Waals surface area contributed by atoms with Crippen LogP contribution in [0.1, 0.15) is 44.6 Å². The summed E-state index contributed by atoms with van der Waals surface area (Å²) in [6, 6.07) is 18.3. The summed E-state index contributed by atoms with van der Waals surface area (Å²) >= 11 is 0. The number of nitrogens with one attached hydrogen (secondary N) is 2. The molecule has 2 aromatic carbocycles. The summed E-state index contributed by atoms with van der Waals surface area (Å²) in [6.45, 7) is 7.48. The summed E-state index contributed by atoms with van der Waals surface area (Å²) in [6.07, 6.45) is 2.56. The van der Waals surface area contributed by atoms with Crippen LogP contribution in [0.4, 0.5) is 0 Å². The van der Waals surface area contributed by atoms with Gasteiger partial charge in [-0.05, 0) is 39.0 Å². The summed E-state index contributed by atoms with van der Waals surface area (Å²) in [4.78, 5) is 4.79. The first-order valence-electron chi connectivity index (χ1n) is 10.3. The molecule has 0 radical (unpaired) electrons. The second-order valence-corrected chi connectivity index (χ2v) is 7.95. The van der Waals surface area contributed by atoms with Gasteiger partial charge in [-0.2, -0.15) is 0 Å². The second-order valence-electron chi connectivity index (χ2n) is 7.95. The highest BCUT2D eigenvalue weighted by molar-refractivity contribution is 14.0. The maximum atomic E-state index is 6.15. The van der Waals surface area contributed by atoms with E-state index in [1.54, 1.807) is 6.33 Å². The van der Waals surface area contributed by atoms with Gasteiger partial charge < -0.3 is 15.4 Å². The van der Waals surface area contributed by atoms with Gasteiger partial charge in [0, 0.05) is 24.2 Å². The van der Waals surface area contributed by atoms with Crippen LogP contribution in [0.25, 0.3) is 5.69 Å². The van der Waals surface area contributed by atoms with Gasteiger partial charge in [0.1, 0.15) is 24.2 Å². The molecule has 1 aromatic heterocycles. The number of aromatic nitrogens is 3. The predicted molar refractivity (Wildman–Crippen MR) is 133 cm³/mol. The van der Waals surface area contributed by atoms with E-state index in [2.05, 4.69) is 47.7 Å². The number of guanidine groups is 1. The number of nitrogens with zero attached hydrogens (tertiary/aromatic N) is 4. The Kier molecular flexibility index (Phi) is 7.53. The molecule has 8 heteroatoms. The third-order valence-electron chi connectivity index (χ3n) is 5.06. The van der Waals surface area contributed by atoms with Crippen LogP contribution in [0.3, 0.4) is 0 Å². The molecule has 2 N–H and O–H groups in total. The summed E-state index contributed by atoms with van der Waals surface area (Å²) < 4.78 is 8.11. The lowest BCUT2D eigenvalue weighted by atomic mass is 9.90. The van der Waals surface area contributed by atoms with E-state index in [-0.39, 0.29) is 35.6 Å². The van der Waals surface area contributed by atoms with Crippen LogP contribution in [-0.4, -0.2) is 32.9 Å². The number of ether oxygens (including phenoxy) is 1. The molecule has 4 rings (SSSR count). The molecule has 0 amide bonds. The molecule has 0 bridgehead atoms. The number of hydrogen-bond acceptors (Lipinski definition) is 4. The Labute approximate surface area is 200 Å². The number of rotatable bonds is 5. The average Bonchev–Trinajstić information content (AvgIpc) is 3.20. The molecule has 1 aliphatic rings. The van der Waals surface area contributed by atoms with Crippen molar-refractivity contribution in [2.45, 2.75) is 45.4 Å². The quantitative estimate of drug-likeness (QED) is 0.292. The Morgan fingerprint density at radius 2 is 1.90 bits per heavy atom. The summed E-state index contributed by atoms with van der Waals surface area (Å²) in [5.41, 5.74) is 1.91. The first-order chi connectivity index (χ1) is 14.6. The first kappa shape index (κ1) is 23.1. The molecule has 3 aromatic rings. The summed E-state index contributed by atoms with van der Waals surface area (Å²) in [7, 11) is 0. The zero-order valence-corrected chi connectivity index (χ0v) is 20.4. The highest BCUT2D eigenvalue weighted by Crippen LogP contribution is 2.39. The predicted octanol–water partition coefficient (Wildman–Crippen LogP) is 4.24. The molecule has 0 saturated heterocycles. The fourth-order valence-corrected chi connectivity index (χ4v) is 3.74. The van der Waals surface area contributed by atoms with Crippen LogP contribution < -0.4 is 15.4 Å². The van der Waals surface area contributed by atoms with Gasteiger partial charge in [-0.1, -0.05) is 36.4 Å². The molecular weight excluding hydrogens is 503 g/mol. The van der Waals surface area contributed by atoms with Gasteiger partial charge in [0.25, 0.3) is 0 Å². The zero-order valence-electron chi connectivity index (χ0n) is 18.1. The fraction of sp³-hybridized carbons (Fsp3) is 0.348. The molecule has 1 aliphatic heterocycles. The van der Waals surface area contributed by atoms with Crippen LogP contribution in [0, 0.1) is 0 Å². The number of para-hydroxylation sites is 2. The third kappa shape index (κ3) is 5.55. The molecule has 0 saturated carbocycles. The number of benzene rings is 2. The fourth-order valence-electron chi connectivity index (χ4n) is 3.74.